The molecule has 0 aromatic heterocycles. The molecule has 5 nitrogen and oxygen atoms in total. The average molecular weight is 364 g/mol. The Hall–Kier alpha value is -0.490. The van der Waals surface area contributed by atoms with Gasteiger partial charge in [-0.2, -0.15) is 0 Å². The maximum absolute atomic E-state index is 12.9. The van der Waals surface area contributed by atoms with Crippen LogP contribution in [0.2, 0.25) is 0 Å². The van der Waals surface area contributed by atoms with E-state index in [0.29, 0.717) is 31.0 Å². The van der Waals surface area contributed by atoms with Gasteiger partial charge in [0.2, 0.25) is 0 Å². The first-order valence-electron chi connectivity index (χ1n) is 10.5. The molecule has 0 aromatic carbocycles. The maximum Gasteiger partial charge on any atom is 0.172 e. The van der Waals surface area contributed by atoms with Crippen LogP contribution in [0.1, 0.15) is 65.7 Å². The van der Waals surface area contributed by atoms with E-state index in [0.717, 1.165) is 25.7 Å². The molecule has 1 spiro atoms. The summed E-state index contributed by atoms with van der Waals surface area (Å²) in [7, 11) is 0. The molecule has 0 aromatic rings. The molecule has 5 rings (SSSR count). The molecule has 5 aliphatic rings. The quantitative estimate of drug-likeness (QED) is 0.690. The molecule has 3 aliphatic carbocycles. The number of aliphatic hydroxyl groups is 2. The van der Waals surface area contributed by atoms with E-state index in [1.807, 2.05) is 0 Å². The van der Waals surface area contributed by atoms with Gasteiger partial charge in [0.25, 0.3) is 0 Å². The maximum atomic E-state index is 12.9. The van der Waals surface area contributed by atoms with Gasteiger partial charge in [-0.25, -0.2) is 0 Å². The summed E-state index contributed by atoms with van der Waals surface area (Å²) in [6, 6.07) is 0. The van der Waals surface area contributed by atoms with Crippen LogP contribution < -0.4 is 0 Å². The highest BCUT2D eigenvalue weighted by molar-refractivity contribution is 5.87. The van der Waals surface area contributed by atoms with Crippen molar-refractivity contribution in [2.45, 2.75) is 95.9 Å². The molecule has 2 saturated heterocycles. The summed E-state index contributed by atoms with van der Waals surface area (Å²) in [5.41, 5.74) is -0.560. The topological polar surface area (TPSA) is 76.0 Å². The highest BCUT2D eigenvalue weighted by Crippen LogP contribution is 2.67. The lowest BCUT2D eigenvalue weighted by atomic mass is 9.51. The van der Waals surface area contributed by atoms with Crippen LogP contribution in [-0.2, 0) is 14.3 Å². The van der Waals surface area contributed by atoms with Gasteiger partial charge in [-0.3, -0.25) is 4.79 Å². The van der Waals surface area contributed by atoms with Crippen LogP contribution >= 0.6 is 0 Å². The number of hydrogen-bond donors (Lipinski definition) is 2. The number of rotatable bonds is 0. The van der Waals surface area contributed by atoms with Crippen LogP contribution in [0.3, 0.4) is 0 Å². The van der Waals surface area contributed by atoms with Crippen LogP contribution in [-0.4, -0.2) is 46.2 Å². The molecule has 146 valence electrons. The van der Waals surface area contributed by atoms with Gasteiger partial charge in [0, 0.05) is 24.7 Å². The summed E-state index contributed by atoms with van der Waals surface area (Å²) >= 11 is 0. The van der Waals surface area contributed by atoms with Crippen molar-refractivity contribution in [2.24, 2.45) is 28.6 Å². The fourth-order valence-electron chi connectivity index (χ4n) is 7.63. The first kappa shape index (κ1) is 17.6. The van der Waals surface area contributed by atoms with E-state index in [9.17, 15) is 15.0 Å². The molecule has 2 bridgehead atoms. The molecular weight excluding hydrogens is 332 g/mol. The smallest absolute Gasteiger partial charge is 0.172 e. The summed E-state index contributed by atoms with van der Waals surface area (Å²) in [5, 5.41) is 20.6. The Labute approximate surface area is 155 Å². The molecule has 0 radical (unpaired) electrons. The predicted molar refractivity (Wildman–Crippen MR) is 94.2 cm³/mol. The van der Waals surface area contributed by atoms with Gasteiger partial charge >= 0.3 is 0 Å². The Bertz CT molecular complexity index is 636. The Kier molecular flexibility index (Phi) is 3.59. The molecule has 2 N–H and O–H groups in total. The standard InChI is InChI=1S/C21H32O5/c1-11-13-4-5-17(24)20(13,3)18-9-16-19(2)10-15(23)14(22)8-12(19)6-7-21(16,25-11)26-18/h11-16,18,22-23H,4-10H2,1-3H3/t11-,12-,13-,14+,15+,16+,18+,19-,20+,21-/m0/s1. The third-order valence-electron chi connectivity index (χ3n) is 9.19. The van der Waals surface area contributed by atoms with E-state index in [4.69, 9.17) is 9.47 Å². The van der Waals surface area contributed by atoms with Crippen molar-refractivity contribution in [3.63, 3.8) is 0 Å². The Morgan fingerprint density at radius 1 is 1.08 bits per heavy atom. The molecule has 0 unspecified atom stereocenters. The second-order valence-corrected chi connectivity index (χ2v) is 10.2. The summed E-state index contributed by atoms with van der Waals surface area (Å²) in [6.07, 6.45) is 4.03. The molecule has 5 fully saturated rings. The fourth-order valence-corrected chi connectivity index (χ4v) is 7.63. The minimum absolute atomic E-state index is 0.0125. The Morgan fingerprint density at radius 2 is 1.85 bits per heavy atom. The zero-order valence-electron chi connectivity index (χ0n) is 16.1. The van der Waals surface area contributed by atoms with E-state index in [2.05, 4.69) is 20.8 Å². The van der Waals surface area contributed by atoms with Gasteiger partial charge in [-0.05, 0) is 57.3 Å². The minimum atomic E-state index is -0.678. The summed E-state index contributed by atoms with van der Waals surface area (Å²) in [4.78, 5) is 12.9. The Morgan fingerprint density at radius 3 is 2.62 bits per heavy atom. The van der Waals surface area contributed by atoms with Crippen LogP contribution in [0.25, 0.3) is 0 Å². The number of fused-ring (bicyclic) bond motifs is 5. The van der Waals surface area contributed by atoms with Crippen molar-refractivity contribution >= 4 is 5.78 Å². The third kappa shape index (κ3) is 1.98. The van der Waals surface area contributed by atoms with Gasteiger partial charge in [0.15, 0.2) is 5.79 Å². The van der Waals surface area contributed by atoms with Crippen molar-refractivity contribution in [1.29, 1.82) is 0 Å². The van der Waals surface area contributed by atoms with Gasteiger partial charge in [-0.15, -0.1) is 0 Å². The van der Waals surface area contributed by atoms with Crippen LogP contribution in [0.4, 0.5) is 0 Å². The molecule has 2 heterocycles. The molecule has 26 heavy (non-hydrogen) atoms. The van der Waals surface area contributed by atoms with E-state index < -0.39 is 23.4 Å². The zero-order valence-corrected chi connectivity index (χ0v) is 16.1. The van der Waals surface area contributed by atoms with Gasteiger partial charge in [0.05, 0.1) is 29.8 Å². The highest BCUT2D eigenvalue weighted by Gasteiger charge is 2.70. The number of carbonyl (C=O) groups excluding carboxylic acids is 1. The van der Waals surface area contributed by atoms with Crippen molar-refractivity contribution in [1.82, 2.24) is 0 Å². The van der Waals surface area contributed by atoms with E-state index in [-0.39, 0.29) is 29.5 Å². The second kappa shape index (κ2) is 5.31. The number of Topliss-reactive ketones (excluding diaryl/α,β-unsaturated/α-hetero) is 1. The monoisotopic (exact) mass is 364 g/mol. The molecule has 3 saturated carbocycles. The predicted octanol–water partition coefficient (Wildman–Crippen LogP) is 2.42. The Balaban J connectivity index is 1.56. The molecule has 10 atom stereocenters. The van der Waals surface area contributed by atoms with Crippen molar-refractivity contribution in [3.8, 4) is 0 Å². The van der Waals surface area contributed by atoms with Crippen molar-refractivity contribution in [3.05, 3.63) is 0 Å². The SMILES string of the molecule is C[C@@H]1O[C@]23CC[C@H]4C[C@@H](O)[C@H](O)C[C@]4(C)[C@H]2C[C@@H](O3)[C@@]2(C)C(=O)CC[C@@H]12. The van der Waals surface area contributed by atoms with Crippen molar-refractivity contribution in [2.75, 3.05) is 0 Å². The summed E-state index contributed by atoms with van der Waals surface area (Å²) in [5.74, 6) is 0.506. The number of carbonyl (C=O) groups is 1. The van der Waals surface area contributed by atoms with Crippen LogP contribution in [0.15, 0.2) is 0 Å². The van der Waals surface area contributed by atoms with Crippen molar-refractivity contribution < 1.29 is 24.5 Å². The van der Waals surface area contributed by atoms with E-state index in [1.165, 1.54) is 0 Å². The molecule has 0 amide bonds. The molecule has 2 aliphatic heterocycles. The minimum Gasteiger partial charge on any atom is -0.390 e. The number of ketones is 1. The van der Waals surface area contributed by atoms with Gasteiger partial charge in [-0.1, -0.05) is 6.92 Å². The number of hydrogen-bond acceptors (Lipinski definition) is 5. The lowest BCUT2D eigenvalue weighted by Crippen LogP contribution is -2.59. The average Bonchev–Trinajstić information content (AvgIpc) is 3.07. The van der Waals surface area contributed by atoms with E-state index >= 15 is 0 Å². The fraction of sp³-hybridized carbons (Fsp3) is 0.952. The van der Waals surface area contributed by atoms with Gasteiger partial charge in [0.1, 0.15) is 5.78 Å². The molecule has 5 heteroatoms. The lowest BCUT2D eigenvalue weighted by molar-refractivity contribution is -0.301. The first-order valence-corrected chi connectivity index (χ1v) is 10.5. The van der Waals surface area contributed by atoms with Crippen LogP contribution in [0, 0.1) is 28.6 Å². The largest absolute Gasteiger partial charge is 0.390 e. The third-order valence-corrected chi connectivity index (χ3v) is 9.19. The number of aliphatic hydroxyl groups excluding tert-OH is 2. The zero-order chi connectivity index (χ0) is 18.5. The summed E-state index contributed by atoms with van der Waals surface area (Å²) in [6.45, 7) is 6.47. The first-order chi connectivity index (χ1) is 12.2. The summed E-state index contributed by atoms with van der Waals surface area (Å²) < 4.78 is 13.3. The lowest BCUT2D eigenvalue weighted by Gasteiger charge is -2.57. The normalized spacial score (nSPS) is 61.6. The van der Waals surface area contributed by atoms with Gasteiger partial charge < -0.3 is 19.7 Å². The highest BCUT2D eigenvalue weighted by atomic mass is 16.7. The molecular formula is C21H32O5. The van der Waals surface area contributed by atoms with Crippen LogP contribution in [0.5, 0.6) is 0 Å². The van der Waals surface area contributed by atoms with E-state index in [1.54, 1.807) is 0 Å². The number of ether oxygens (including phenoxy) is 2. The second-order valence-electron chi connectivity index (χ2n) is 10.2.